The van der Waals surface area contributed by atoms with Crippen LogP contribution in [0.5, 0.6) is 0 Å². The van der Waals surface area contributed by atoms with Gasteiger partial charge in [-0.2, -0.15) is 0 Å². The van der Waals surface area contributed by atoms with Crippen LogP contribution >= 0.6 is 0 Å². The normalized spacial score (nSPS) is 30.4. The van der Waals surface area contributed by atoms with Gasteiger partial charge in [0.2, 0.25) is 11.8 Å². The second-order valence-corrected chi connectivity index (χ2v) is 4.00. The fourth-order valence-corrected chi connectivity index (χ4v) is 2.42. The van der Waals surface area contributed by atoms with E-state index >= 15 is 0 Å². The fourth-order valence-electron chi connectivity index (χ4n) is 2.42. The lowest BCUT2D eigenvalue weighted by atomic mass is 9.76. The van der Waals surface area contributed by atoms with Crippen molar-refractivity contribution in [3.8, 4) is 0 Å². The third-order valence-corrected chi connectivity index (χ3v) is 3.31. The Balaban J connectivity index is 2.37. The number of hydrogen-bond donors (Lipinski definition) is 2. The zero-order chi connectivity index (χ0) is 10.3. The first-order chi connectivity index (χ1) is 6.57. The second kappa shape index (κ2) is 2.80. The third-order valence-electron chi connectivity index (χ3n) is 3.31. The van der Waals surface area contributed by atoms with Crippen LogP contribution in [0.1, 0.15) is 26.2 Å². The molecule has 0 radical (unpaired) electrons. The molecule has 1 saturated heterocycles. The molecular weight excluding hydrogens is 184 g/mol. The molecule has 2 rings (SSSR count). The summed E-state index contributed by atoms with van der Waals surface area (Å²) in [6.45, 7) is 1.88. The number of carbonyl (C=O) groups is 3. The molecule has 14 heavy (non-hydrogen) atoms. The summed E-state index contributed by atoms with van der Waals surface area (Å²) in [5.74, 6) is -0.858. The number of amides is 4. The van der Waals surface area contributed by atoms with E-state index in [0.29, 0.717) is 6.42 Å². The van der Waals surface area contributed by atoms with Gasteiger partial charge in [0.05, 0.1) is 0 Å². The Morgan fingerprint density at radius 1 is 1.21 bits per heavy atom. The van der Waals surface area contributed by atoms with Crippen molar-refractivity contribution < 1.29 is 14.4 Å². The van der Waals surface area contributed by atoms with Gasteiger partial charge in [0.1, 0.15) is 5.41 Å². The van der Waals surface area contributed by atoms with E-state index in [4.69, 9.17) is 0 Å². The number of hydrogen-bond acceptors (Lipinski definition) is 3. The van der Waals surface area contributed by atoms with Gasteiger partial charge >= 0.3 is 6.03 Å². The second-order valence-electron chi connectivity index (χ2n) is 4.00. The van der Waals surface area contributed by atoms with Gasteiger partial charge in [0, 0.05) is 0 Å². The molecule has 0 aromatic heterocycles. The van der Waals surface area contributed by atoms with Crippen LogP contribution in [0.15, 0.2) is 0 Å². The van der Waals surface area contributed by atoms with Crippen molar-refractivity contribution in [3.63, 3.8) is 0 Å². The minimum Gasteiger partial charge on any atom is -0.277 e. The number of rotatable bonds is 0. The van der Waals surface area contributed by atoms with Crippen molar-refractivity contribution in [1.29, 1.82) is 0 Å². The van der Waals surface area contributed by atoms with E-state index in [-0.39, 0.29) is 5.92 Å². The molecule has 4 amide bonds. The Bertz CT molecular complexity index is 304. The molecular formula is C9H12N2O3. The van der Waals surface area contributed by atoms with Crippen molar-refractivity contribution in [3.05, 3.63) is 0 Å². The Hall–Kier alpha value is -1.39. The number of barbiturate groups is 1. The van der Waals surface area contributed by atoms with E-state index in [1.54, 1.807) is 0 Å². The molecule has 5 nitrogen and oxygen atoms in total. The van der Waals surface area contributed by atoms with Gasteiger partial charge in [-0.1, -0.05) is 13.3 Å². The minimum atomic E-state index is -0.992. The summed E-state index contributed by atoms with van der Waals surface area (Å²) in [6, 6.07) is -0.704. The first-order valence-electron chi connectivity index (χ1n) is 4.74. The maximum atomic E-state index is 11.7. The van der Waals surface area contributed by atoms with Crippen LogP contribution in [-0.4, -0.2) is 17.8 Å². The Kier molecular flexibility index (Phi) is 1.83. The molecule has 2 N–H and O–H groups in total. The molecule has 0 bridgehead atoms. The van der Waals surface area contributed by atoms with Gasteiger partial charge in [0.25, 0.3) is 0 Å². The molecule has 1 aliphatic carbocycles. The Morgan fingerprint density at radius 2 is 1.79 bits per heavy atom. The average Bonchev–Trinajstić information content (AvgIpc) is 2.45. The van der Waals surface area contributed by atoms with E-state index in [2.05, 4.69) is 10.6 Å². The quantitative estimate of drug-likeness (QED) is 0.542. The van der Waals surface area contributed by atoms with Gasteiger partial charge in [-0.05, 0) is 18.8 Å². The highest BCUT2D eigenvalue weighted by Gasteiger charge is 2.55. The summed E-state index contributed by atoms with van der Waals surface area (Å²) in [7, 11) is 0. The maximum absolute atomic E-state index is 11.7. The number of urea groups is 1. The van der Waals surface area contributed by atoms with E-state index in [9.17, 15) is 14.4 Å². The highest BCUT2D eigenvalue weighted by Crippen LogP contribution is 2.44. The Morgan fingerprint density at radius 3 is 2.21 bits per heavy atom. The molecule has 1 saturated carbocycles. The minimum absolute atomic E-state index is 0.00981. The summed E-state index contributed by atoms with van der Waals surface area (Å²) < 4.78 is 0. The monoisotopic (exact) mass is 196 g/mol. The predicted octanol–water partition coefficient (Wildman–Crippen LogP) is 0.159. The van der Waals surface area contributed by atoms with Crippen LogP contribution in [-0.2, 0) is 9.59 Å². The fraction of sp³-hybridized carbons (Fsp3) is 0.667. The molecule has 1 unspecified atom stereocenters. The van der Waals surface area contributed by atoms with Crippen LogP contribution < -0.4 is 10.6 Å². The van der Waals surface area contributed by atoms with Crippen molar-refractivity contribution >= 4 is 17.8 Å². The third kappa shape index (κ3) is 0.981. The summed E-state index contributed by atoms with van der Waals surface area (Å²) in [6.07, 6.45) is 2.25. The van der Waals surface area contributed by atoms with Crippen LogP contribution in [0.2, 0.25) is 0 Å². The summed E-state index contributed by atoms with van der Waals surface area (Å²) in [5, 5.41) is 4.33. The smallest absolute Gasteiger partial charge is 0.277 e. The summed E-state index contributed by atoms with van der Waals surface area (Å²) in [4.78, 5) is 34.2. The summed E-state index contributed by atoms with van der Waals surface area (Å²) >= 11 is 0. The molecule has 1 aliphatic heterocycles. The number of imide groups is 2. The van der Waals surface area contributed by atoms with Crippen molar-refractivity contribution in [2.24, 2.45) is 11.3 Å². The molecule has 0 aromatic rings. The van der Waals surface area contributed by atoms with E-state index in [0.717, 1.165) is 12.8 Å². The average molecular weight is 196 g/mol. The first-order valence-corrected chi connectivity index (χ1v) is 4.74. The standard InChI is InChI=1S/C9H12N2O3/c1-5-3-2-4-9(5)6(12)10-8(14)11-7(9)13/h5H,2-4H2,1H3,(H2,10,11,12,13,14). The van der Waals surface area contributed by atoms with Crippen molar-refractivity contribution in [2.45, 2.75) is 26.2 Å². The van der Waals surface area contributed by atoms with Gasteiger partial charge in [-0.15, -0.1) is 0 Å². The zero-order valence-electron chi connectivity index (χ0n) is 7.92. The van der Waals surface area contributed by atoms with Gasteiger partial charge < -0.3 is 0 Å². The van der Waals surface area contributed by atoms with E-state index in [1.807, 2.05) is 6.92 Å². The summed E-state index contributed by atoms with van der Waals surface area (Å²) in [5.41, 5.74) is -0.992. The van der Waals surface area contributed by atoms with Gasteiger partial charge in [-0.25, -0.2) is 4.79 Å². The molecule has 76 valence electrons. The van der Waals surface area contributed by atoms with Crippen LogP contribution in [0.25, 0.3) is 0 Å². The highest BCUT2D eigenvalue weighted by molar-refractivity contribution is 6.19. The van der Waals surface area contributed by atoms with Crippen LogP contribution in [0.3, 0.4) is 0 Å². The number of carbonyl (C=O) groups excluding carboxylic acids is 3. The topological polar surface area (TPSA) is 75.3 Å². The van der Waals surface area contributed by atoms with E-state index in [1.165, 1.54) is 0 Å². The molecule has 2 fully saturated rings. The van der Waals surface area contributed by atoms with Crippen molar-refractivity contribution in [1.82, 2.24) is 10.6 Å². The Labute approximate surface area is 81.2 Å². The van der Waals surface area contributed by atoms with Gasteiger partial charge in [-0.3, -0.25) is 20.2 Å². The van der Waals surface area contributed by atoms with Gasteiger partial charge in [0.15, 0.2) is 0 Å². The highest BCUT2D eigenvalue weighted by atomic mass is 16.2. The largest absolute Gasteiger partial charge is 0.328 e. The van der Waals surface area contributed by atoms with Crippen LogP contribution in [0, 0.1) is 11.3 Å². The maximum Gasteiger partial charge on any atom is 0.328 e. The van der Waals surface area contributed by atoms with Crippen LogP contribution in [0.4, 0.5) is 4.79 Å². The first kappa shape index (κ1) is 9.18. The molecule has 1 spiro atoms. The van der Waals surface area contributed by atoms with E-state index < -0.39 is 23.3 Å². The molecule has 1 heterocycles. The number of nitrogens with one attached hydrogen (secondary N) is 2. The zero-order valence-corrected chi connectivity index (χ0v) is 7.92. The lowest BCUT2D eigenvalue weighted by molar-refractivity contribution is -0.146. The molecule has 1 atom stereocenters. The predicted molar refractivity (Wildman–Crippen MR) is 47.1 cm³/mol. The molecule has 5 heteroatoms. The van der Waals surface area contributed by atoms with Crippen molar-refractivity contribution in [2.75, 3.05) is 0 Å². The lowest BCUT2D eigenvalue weighted by Crippen LogP contribution is -2.63. The molecule has 0 aromatic carbocycles. The molecule has 2 aliphatic rings. The SMILES string of the molecule is CC1CCCC12C(=O)NC(=O)NC2=O. The lowest BCUT2D eigenvalue weighted by Gasteiger charge is -2.33.